The van der Waals surface area contributed by atoms with Gasteiger partial charge in [0.2, 0.25) is 0 Å². The summed E-state index contributed by atoms with van der Waals surface area (Å²) >= 11 is 0. The Bertz CT molecular complexity index is 618. The number of benzene rings is 1. The number of nitrogens with zero attached hydrogens (tertiary/aromatic N) is 1. The Labute approximate surface area is 143 Å². The monoisotopic (exact) mass is 331 g/mol. The Morgan fingerprint density at radius 3 is 2.75 bits per heavy atom. The predicted molar refractivity (Wildman–Crippen MR) is 90.7 cm³/mol. The smallest absolute Gasteiger partial charge is 0.315 e. The third-order valence-electron chi connectivity index (χ3n) is 3.92. The second-order valence-corrected chi connectivity index (χ2v) is 6.70. The minimum Gasteiger partial charge on any atom is -0.495 e. The van der Waals surface area contributed by atoms with E-state index in [1.54, 1.807) is 18.2 Å². The molecule has 2 amide bonds. The summed E-state index contributed by atoms with van der Waals surface area (Å²) in [5.41, 5.74) is 0.961. The molecule has 1 aromatic carbocycles. The maximum Gasteiger partial charge on any atom is 0.315 e. The Morgan fingerprint density at radius 2 is 2.12 bits per heavy atom. The molecule has 1 saturated carbocycles. The number of nitrogens with one attached hydrogen (secondary N) is 2. The van der Waals surface area contributed by atoms with Crippen LogP contribution in [0.15, 0.2) is 18.2 Å². The highest BCUT2D eigenvalue weighted by Crippen LogP contribution is 2.30. The van der Waals surface area contributed by atoms with Crippen LogP contribution in [0.2, 0.25) is 0 Å². The second-order valence-electron chi connectivity index (χ2n) is 6.70. The summed E-state index contributed by atoms with van der Waals surface area (Å²) in [6.07, 6.45) is 2.50. The van der Waals surface area contributed by atoms with Crippen molar-refractivity contribution in [2.75, 3.05) is 20.3 Å². The van der Waals surface area contributed by atoms with E-state index in [0.29, 0.717) is 30.3 Å². The van der Waals surface area contributed by atoms with Gasteiger partial charge in [0.15, 0.2) is 0 Å². The van der Waals surface area contributed by atoms with Crippen molar-refractivity contribution in [3.05, 3.63) is 29.3 Å². The first-order valence-electron chi connectivity index (χ1n) is 8.16. The highest BCUT2D eigenvalue weighted by Gasteiger charge is 2.26. The van der Waals surface area contributed by atoms with Gasteiger partial charge in [-0.25, -0.2) is 4.79 Å². The van der Waals surface area contributed by atoms with E-state index in [4.69, 9.17) is 14.7 Å². The van der Waals surface area contributed by atoms with E-state index in [1.165, 1.54) is 20.0 Å². The van der Waals surface area contributed by atoms with Crippen molar-refractivity contribution in [3.63, 3.8) is 0 Å². The molecule has 1 aliphatic rings. The topological polar surface area (TPSA) is 83.4 Å². The number of hydrogen-bond donors (Lipinski definition) is 2. The number of ether oxygens (including phenoxy) is 2. The molecule has 6 nitrogen and oxygen atoms in total. The highest BCUT2D eigenvalue weighted by molar-refractivity contribution is 5.73. The van der Waals surface area contributed by atoms with E-state index in [0.717, 1.165) is 12.2 Å². The minimum absolute atomic E-state index is 0.249. The lowest BCUT2D eigenvalue weighted by Crippen LogP contribution is -2.44. The van der Waals surface area contributed by atoms with Crippen LogP contribution in [0.1, 0.15) is 37.8 Å². The average Bonchev–Trinajstić information content (AvgIpc) is 3.40. The van der Waals surface area contributed by atoms with Gasteiger partial charge < -0.3 is 20.1 Å². The lowest BCUT2D eigenvalue weighted by molar-refractivity contribution is -0.0200. The van der Waals surface area contributed by atoms with Gasteiger partial charge in [0.05, 0.1) is 24.9 Å². The van der Waals surface area contributed by atoms with Gasteiger partial charge >= 0.3 is 6.03 Å². The third kappa shape index (κ3) is 5.74. The molecule has 1 aromatic rings. The fourth-order valence-electron chi connectivity index (χ4n) is 2.15. The standard InChI is InChI=1S/C18H25N3O3/c1-18(2,24-11-13-4-5-13)12-21-17(22)20-10-14-6-7-15(9-19)16(8-14)23-3/h6-8,13H,4-5,10-12H2,1-3H3,(H2,20,21,22). The summed E-state index contributed by atoms with van der Waals surface area (Å²) in [6.45, 7) is 5.52. The van der Waals surface area contributed by atoms with E-state index < -0.39 is 0 Å². The second kappa shape index (κ2) is 8.02. The van der Waals surface area contributed by atoms with Crippen LogP contribution in [0.5, 0.6) is 5.75 Å². The molecule has 0 heterocycles. The average molecular weight is 331 g/mol. The van der Waals surface area contributed by atoms with Gasteiger partial charge in [0.1, 0.15) is 11.8 Å². The minimum atomic E-state index is -0.377. The van der Waals surface area contributed by atoms with Crippen molar-refractivity contribution in [1.82, 2.24) is 10.6 Å². The van der Waals surface area contributed by atoms with E-state index >= 15 is 0 Å². The molecule has 0 saturated heterocycles. The van der Waals surface area contributed by atoms with Crippen molar-refractivity contribution in [3.8, 4) is 11.8 Å². The summed E-state index contributed by atoms with van der Waals surface area (Å²) in [4.78, 5) is 11.9. The molecule has 130 valence electrons. The molecule has 1 aliphatic carbocycles. The van der Waals surface area contributed by atoms with E-state index in [-0.39, 0.29) is 11.6 Å². The summed E-state index contributed by atoms with van der Waals surface area (Å²) in [6, 6.07) is 7.04. The Hall–Kier alpha value is -2.26. The lowest BCUT2D eigenvalue weighted by Gasteiger charge is -2.25. The van der Waals surface area contributed by atoms with Gasteiger partial charge in [0.25, 0.3) is 0 Å². The molecule has 0 spiro atoms. The van der Waals surface area contributed by atoms with Gasteiger partial charge in [-0.15, -0.1) is 0 Å². The van der Waals surface area contributed by atoms with E-state index in [1.807, 2.05) is 13.8 Å². The zero-order valence-electron chi connectivity index (χ0n) is 14.5. The maximum absolute atomic E-state index is 11.9. The zero-order chi connectivity index (χ0) is 17.6. The number of methoxy groups -OCH3 is 1. The first-order chi connectivity index (χ1) is 11.4. The van der Waals surface area contributed by atoms with Crippen LogP contribution < -0.4 is 15.4 Å². The van der Waals surface area contributed by atoms with Crippen molar-refractivity contribution in [2.24, 2.45) is 5.92 Å². The summed E-state index contributed by atoms with van der Waals surface area (Å²) < 4.78 is 11.0. The van der Waals surface area contributed by atoms with Crippen molar-refractivity contribution >= 4 is 6.03 Å². The number of nitriles is 1. The van der Waals surface area contributed by atoms with Crippen molar-refractivity contribution < 1.29 is 14.3 Å². The van der Waals surface area contributed by atoms with Gasteiger partial charge in [0, 0.05) is 13.1 Å². The van der Waals surface area contributed by atoms with Crippen LogP contribution >= 0.6 is 0 Å². The number of carbonyl (C=O) groups is 1. The largest absolute Gasteiger partial charge is 0.495 e. The molecular formula is C18H25N3O3. The molecule has 0 radical (unpaired) electrons. The van der Waals surface area contributed by atoms with Gasteiger partial charge in [-0.2, -0.15) is 5.26 Å². The predicted octanol–water partition coefficient (Wildman–Crippen LogP) is 2.57. The molecule has 0 aliphatic heterocycles. The highest BCUT2D eigenvalue weighted by atomic mass is 16.5. The molecule has 2 N–H and O–H groups in total. The molecule has 0 atom stereocenters. The lowest BCUT2D eigenvalue weighted by atomic mass is 10.1. The third-order valence-corrected chi connectivity index (χ3v) is 3.92. The molecule has 24 heavy (non-hydrogen) atoms. The molecule has 0 bridgehead atoms. The van der Waals surface area contributed by atoms with Crippen LogP contribution in [0.25, 0.3) is 0 Å². The van der Waals surface area contributed by atoms with Crippen LogP contribution in [0.4, 0.5) is 4.79 Å². The number of hydrogen-bond acceptors (Lipinski definition) is 4. The molecule has 0 unspecified atom stereocenters. The molecular weight excluding hydrogens is 306 g/mol. The van der Waals surface area contributed by atoms with Crippen LogP contribution in [-0.2, 0) is 11.3 Å². The molecule has 1 fully saturated rings. The zero-order valence-corrected chi connectivity index (χ0v) is 14.5. The number of rotatable bonds is 8. The Kier molecular flexibility index (Phi) is 6.04. The van der Waals surface area contributed by atoms with E-state index in [9.17, 15) is 4.79 Å². The van der Waals surface area contributed by atoms with Crippen molar-refractivity contribution in [2.45, 2.75) is 38.8 Å². The van der Waals surface area contributed by atoms with E-state index in [2.05, 4.69) is 16.7 Å². The van der Waals surface area contributed by atoms with Crippen LogP contribution in [0.3, 0.4) is 0 Å². The number of urea groups is 1. The SMILES string of the molecule is COc1cc(CNC(=O)NCC(C)(C)OCC2CC2)ccc1C#N. The normalized spacial score (nSPS) is 13.9. The molecule has 0 aromatic heterocycles. The first-order valence-corrected chi connectivity index (χ1v) is 8.16. The fourth-order valence-corrected chi connectivity index (χ4v) is 2.15. The van der Waals surface area contributed by atoms with Crippen LogP contribution in [-0.4, -0.2) is 31.9 Å². The summed E-state index contributed by atoms with van der Waals surface area (Å²) in [5.74, 6) is 1.20. The van der Waals surface area contributed by atoms with Gasteiger partial charge in [-0.3, -0.25) is 0 Å². The van der Waals surface area contributed by atoms with Gasteiger partial charge in [-0.05, 0) is 50.3 Å². The van der Waals surface area contributed by atoms with Crippen LogP contribution in [0, 0.1) is 17.2 Å². The molecule has 6 heteroatoms. The van der Waals surface area contributed by atoms with Gasteiger partial charge in [-0.1, -0.05) is 6.07 Å². The fraction of sp³-hybridized carbons (Fsp3) is 0.556. The number of carbonyl (C=O) groups excluding carboxylic acids is 1. The summed E-state index contributed by atoms with van der Waals surface area (Å²) in [5, 5.41) is 14.6. The quantitative estimate of drug-likeness (QED) is 0.767. The Balaban J connectivity index is 1.75. The number of amides is 2. The summed E-state index contributed by atoms with van der Waals surface area (Å²) in [7, 11) is 1.52. The maximum atomic E-state index is 11.9. The first kappa shape index (κ1) is 18.1. The molecule has 2 rings (SSSR count). The Morgan fingerprint density at radius 1 is 1.38 bits per heavy atom. The van der Waals surface area contributed by atoms with Crippen molar-refractivity contribution in [1.29, 1.82) is 5.26 Å².